The van der Waals surface area contributed by atoms with Crippen molar-refractivity contribution in [3.05, 3.63) is 82.6 Å². The Labute approximate surface area is 187 Å². The van der Waals surface area contributed by atoms with Crippen molar-refractivity contribution >= 4 is 23.5 Å². The number of aromatic nitrogens is 3. The van der Waals surface area contributed by atoms with Gasteiger partial charge in [0.25, 0.3) is 0 Å². The molecule has 1 aromatic heterocycles. The van der Waals surface area contributed by atoms with Crippen LogP contribution < -0.4 is 5.32 Å². The third-order valence-electron chi connectivity index (χ3n) is 6.05. The smallest absolute Gasteiger partial charge is 0.227 e. The standard InChI is InChI=1S/C25H26N4OS/c1-16-9-7-8-12-18(16)15-31-24-27-23-26-19-13-25(2,3)14-20(30)21(19)22(29(23)28-24)17-10-5-4-6-11-17/h4-12,22H,13-15H2,1-3H3,(H,26,27,28). The lowest BCUT2D eigenvalue weighted by molar-refractivity contribution is -0.118. The number of anilines is 1. The SMILES string of the molecule is Cc1ccccc1CSc1nc2n(n1)C(c1ccccc1)C1=C(CC(C)(C)CC1=O)N2. The molecule has 1 aliphatic heterocycles. The molecule has 0 saturated carbocycles. The van der Waals surface area contributed by atoms with Crippen LogP contribution >= 0.6 is 11.8 Å². The van der Waals surface area contributed by atoms with Crippen molar-refractivity contribution in [1.29, 1.82) is 0 Å². The third kappa shape index (κ3) is 3.81. The number of thioether (sulfide) groups is 1. The normalized spacial score (nSPS) is 19.6. The first-order valence-electron chi connectivity index (χ1n) is 10.6. The Morgan fingerprint density at radius 2 is 1.84 bits per heavy atom. The fourth-order valence-corrected chi connectivity index (χ4v) is 5.41. The van der Waals surface area contributed by atoms with E-state index in [1.807, 2.05) is 22.9 Å². The van der Waals surface area contributed by atoms with Crippen LogP contribution in [-0.2, 0) is 10.5 Å². The number of carbonyl (C=O) groups is 1. The maximum absolute atomic E-state index is 13.2. The predicted molar refractivity (Wildman–Crippen MR) is 124 cm³/mol. The third-order valence-corrected chi connectivity index (χ3v) is 6.93. The van der Waals surface area contributed by atoms with Gasteiger partial charge in [-0.05, 0) is 35.4 Å². The number of Topliss-reactive ketones (excluding diaryl/α,β-unsaturated/α-hetero) is 1. The fourth-order valence-electron chi connectivity index (χ4n) is 4.51. The van der Waals surface area contributed by atoms with Crippen LogP contribution in [0.15, 0.2) is 71.0 Å². The van der Waals surface area contributed by atoms with E-state index in [4.69, 9.17) is 10.1 Å². The molecule has 2 aliphatic rings. The zero-order valence-corrected chi connectivity index (χ0v) is 18.9. The summed E-state index contributed by atoms with van der Waals surface area (Å²) in [5.74, 6) is 1.72. The van der Waals surface area contributed by atoms with Crippen LogP contribution in [0.2, 0.25) is 0 Å². The lowest BCUT2D eigenvalue weighted by Crippen LogP contribution is -2.36. The second-order valence-electron chi connectivity index (χ2n) is 9.15. The van der Waals surface area contributed by atoms with Crippen LogP contribution in [0.4, 0.5) is 5.95 Å². The molecule has 1 aliphatic carbocycles. The Balaban J connectivity index is 1.52. The minimum Gasteiger partial charge on any atom is -0.328 e. The number of hydrogen-bond acceptors (Lipinski definition) is 5. The highest BCUT2D eigenvalue weighted by atomic mass is 32.2. The number of carbonyl (C=O) groups excluding carboxylic acids is 1. The number of ketones is 1. The number of rotatable bonds is 4. The maximum Gasteiger partial charge on any atom is 0.227 e. The highest BCUT2D eigenvalue weighted by Crippen LogP contribution is 2.45. The Morgan fingerprint density at radius 3 is 2.61 bits per heavy atom. The molecule has 5 rings (SSSR count). The molecule has 0 spiro atoms. The van der Waals surface area contributed by atoms with E-state index in [2.05, 4.69) is 62.5 Å². The molecule has 0 bridgehead atoms. The van der Waals surface area contributed by atoms with Gasteiger partial charge in [-0.3, -0.25) is 4.79 Å². The Hall–Kier alpha value is -2.86. The molecule has 2 aromatic carbocycles. The molecule has 6 heteroatoms. The predicted octanol–water partition coefficient (Wildman–Crippen LogP) is 5.54. The molecule has 0 radical (unpaired) electrons. The van der Waals surface area contributed by atoms with Gasteiger partial charge >= 0.3 is 0 Å². The zero-order valence-electron chi connectivity index (χ0n) is 18.1. The largest absolute Gasteiger partial charge is 0.328 e. The van der Waals surface area contributed by atoms with E-state index in [1.54, 1.807) is 11.8 Å². The van der Waals surface area contributed by atoms with Crippen LogP contribution in [0.25, 0.3) is 0 Å². The summed E-state index contributed by atoms with van der Waals surface area (Å²) in [5.41, 5.74) is 5.37. The van der Waals surface area contributed by atoms with Crippen molar-refractivity contribution in [3.63, 3.8) is 0 Å². The highest BCUT2D eigenvalue weighted by molar-refractivity contribution is 7.98. The van der Waals surface area contributed by atoms with Crippen LogP contribution in [0.5, 0.6) is 0 Å². The first-order chi connectivity index (χ1) is 14.9. The van der Waals surface area contributed by atoms with Gasteiger partial charge in [0.1, 0.15) is 6.04 Å². The summed E-state index contributed by atoms with van der Waals surface area (Å²) in [6, 6.07) is 18.3. The summed E-state index contributed by atoms with van der Waals surface area (Å²) in [5, 5.41) is 9.00. The quantitative estimate of drug-likeness (QED) is 0.551. The van der Waals surface area contributed by atoms with Crippen LogP contribution in [0.1, 0.15) is 49.4 Å². The molecular formula is C25H26N4OS. The average Bonchev–Trinajstić information content (AvgIpc) is 3.14. The van der Waals surface area contributed by atoms with Crippen molar-refractivity contribution in [2.24, 2.45) is 5.41 Å². The molecule has 3 aromatic rings. The Kier molecular flexibility index (Phi) is 4.97. The molecule has 1 N–H and O–H groups in total. The van der Waals surface area contributed by atoms with E-state index in [0.717, 1.165) is 34.2 Å². The average molecular weight is 431 g/mol. The summed E-state index contributed by atoms with van der Waals surface area (Å²) in [6.07, 6.45) is 1.38. The van der Waals surface area contributed by atoms with Gasteiger partial charge in [0, 0.05) is 23.4 Å². The van der Waals surface area contributed by atoms with Gasteiger partial charge in [-0.15, -0.1) is 5.10 Å². The van der Waals surface area contributed by atoms with Gasteiger partial charge in [0.2, 0.25) is 11.1 Å². The van der Waals surface area contributed by atoms with Crippen molar-refractivity contribution in [1.82, 2.24) is 14.8 Å². The number of allylic oxidation sites excluding steroid dienone is 2. The van der Waals surface area contributed by atoms with Crippen LogP contribution in [0.3, 0.4) is 0 Å². The van der Waals surface area contributed by atoms with Gasteiger partial charge in [0.05, 0.1) is 0 Å². The van der Waals surface area contributed by atoms with Gasteiger partial charge in [-0.2, -0.15) is 4.98 Å². The fraction of sp³-hybridized carbons (Fsp3) is 0.320. The molecule has 0 saturated heterocycles. The second kappa shape index (κ2) is 7.68. The maximum atomic E-state index is 13.2. The van der Waals surface area contributed by atoms with Crippen molar-refractivity contribution in [2.45, 2.75) is 50.6 Å². The van der Waals surface area contributed by atoms with Crippen LogP contribution in [-0.4, -0.2) is 20.5 Å². The number of hydrogen-bond donors (Lipinski definition) is 1. The van der Waals surface area contributed by atoms with Gasteiger partial charge in [-0.25, -0.2) is 4.68 Å². The van der Waals surface area contributed by atoms with Crippen molar-refractivity contribution in [3.8, 4) is 0 Å². The summed E-state index contributed by atoms with van der Waals surface area (Å²) < 4.78 is 1.89. The van der Waals surface area contributed by atoms with Gasteiger partial charge in [-0.1, -0.05) is 80.2 Å². The Morgan fingerprint density at radius 1 is 1.10 bits per heavy atom. The lowest BCUT2D eigenvalue weighted by Gasteiger charge is -2.38. The summed E-state index contributed by atoms with van der Waals surface area (Å²) >= 11 is 1.63. The molecule has 0 fully saturated rings. The van der Waals surface area contributed by atoms with E-state index in [1.165, 1.54) is 11.1 Å². The topological polar surface area (TPSA) is 59.8 Å². The van der Waals surface area contributed by atoms with Crippen molar-refractivity contribution < 1.29 is 4.79 Å². The molecular weight excluding hydrogens is 404 g/mol. The monoisotopic (exact) mass is 430 g/mol. The first-order valence-corrected chi connectivity index (χ1v) is 11.6. The van der Waals surface area contributed by atoms with Crippen molar-refractivity contribution in [2.75, 3.05) is 5.32 Å². The molecule has 1 atom stereocenters. The lowest BCUT2D eigenvalue weighted by atomic mass is 9.73. The van der Waals surface area contributed by atoms with E-state index in [-0.39, 0.29) is 17.2 Å². The Bertz CT molecular complexity index is 1180. The second-order valence-corrected chi connectivity index (χ2v) is 10.1. The van der Waals surface area contributed by atoms with E-state index < -0.39 is 0 Å². The molecule has 5 nitrogen and oxygen atoms in total. The zero-order chi connectivity index (χ0) is 21.6. The highest BCUT2D eigenvalue weighted by Gasteiger charge is 2.41. The summed E-state index contributed by atoms with van der Waals surface area (Å²) in [6.45, 7) is 6.42. The van der Waals surface area contributed by atoms with Gasteiger partial charge < -0.3 is 5.32 Å². The molecule has 158 valence electrons. The molecule has 2 heterocycles. The number of aryl methyl sites for hydroxylation is 1. The first kappa shape index (κ1) is 20.1. The molecule has 31 heavy (non-hydrogen) atoms. The number of fused-ring (bicyclic) bond motifs is 1. The van der Waals surface area contributed by atoms with E-state index in [9.17, 15) is 4.79 Å². The number of benzene rings is 2. The van der Waals surface area contributed by atoms with Crippen LogP contribution in [0, 0.1) is 12.3 Å². The van der Waals surface area contributed by atoms with Gasteiger partial charge in [0.15, 0.2) is 5.78 Å². The number of nitrogens with one attached hydrogen (secondary N) is 1. The minimum atomic E-state index is -0.239. The van der Waals surface area contributed by atoms with E-state index in [0.29, 0.717) is 12.4 Å². The summed E-state index contributed by atoms with van der Waals surface area (Å²) in [4.78, 5) is 18.0. The minimum absolute atomic E-state index is 0.0608. The molecule has 0 amide bonds. The number of nitrogens with zero attached hydrogens (tertiary/aromatic N) is 3. The molecule has 1 unspecified atom stereocenters. The summed E-state index contributed by atoms with van der Waals surface area (Å²) in [7, 11) is 0. The van der Waals surface area contributed by atoms with E-state index >= 15 is 0 Å².